The van der Waals surface area contributed by atoms with Crippen molar-refractivity contribution in [3.8, 4) is 0 Å². The van der Waals surface area contributed by atoms with Crippen LogP contribution in [0.2, 0.25) is 0 Å². The molecule has 1 saturated heterocycles. The van der Waals surface area contributed by atoms with Gasteiger partial charge in [-0.15, -0.1) is 0 Å². The summed E-state index contributed by atoms with van der Waals surface area (Å²) in [6.45, 7) is 3.16. The number of anilines is 1. The first-order chi connectivity index (χ1) is 8.16. The van der Waals surface area contributed by atoms with Gasteiger partial charge in [0, 0.05) is 19.3 Å². The highest BCUT2D eigenvalue weighted by atomic mass is 16.5. The van der Waals surface area contributed by atoms with E-state index in [1.807, 2.05) is 0 Å². The molecule has 2 unspecified atom stereocenters. The molecule has 1 aliphatic heterocycles. The Balaban J connectivity index is 1.82. The number of aromatic nitrogens is 2. The Morgan fingerprint density at radius 2 is 2.65 bits per heavy atom. The van der Waals surface area contributed by atoms with Crippen LogP contribution < -0.4 is 11.1 Å². The Kier molecular flexibility index (Phi) is 3.63. The molecule has 17 heavy (non-hydrogen) atoms. The van der Waals surface area contributed by atoms with E-state index in [9.17, 15) is 4.79 Å². The van der Waals surface area contributed by atoms with E-state index in [1.54, 1.807) is 23.9 Å². The standard InChI is InChI=1S/C11H18N4O2/c1-8(15-5-4-10(12)14-15)11(16)13-7-9-3-2-6-17-9/h4-5,8-9H,2-3,6-7H2,1H3,(H2,12,14)(H,13,16). The van der Waals surface area contributed by atoms with E-state index in [4.69, 9.17) is 10.5 Å². The average Bonchev–Trinajstić information content (AvgIpc) is 2.95. The number of nitrogen functional groups attached to an aromatic ring is 1. The van der Waals surface area contributed by atoms with Gasteiger partial charge >= 0.3 is 0 Å². The van der Waals surface area contributed by atoms with E-state index in [1.165, 1.54) is 0 Å². The molecule has 1 aliphatic rings. The molecule has 2 rings (SSSR count). The van der Waals surface area contributed by atoms with Crippen LogP contribution >= 0.6 is 0 Å². The predicted octanol–water partition coefficient (Wildman–Crippen LogP) is 0.322. The van der Waals surface area contributed by atoms with Gasteiger partial charge < -0.3 is 15.8 Å². The van der Waals surface area contributed by atoms with Crippen molar-refractivity contribution < 1.29 is 9.53 Å². The molecule has 1 aromatic rings. The zero-order valence-corrected chi connectivity index (χ0v) is 9.93. The van der Waals surface area contributed by atoms with Crippen LogP contribution in [0.3, 0.4) is 0 Å². The van der Waals surface area contributed by atoms with E-state index in [0.717, 1.165) is 19.4 Å². The van der Waals surface area contributed by atoms with Gasteiger partial charge in [0.15, 0.2) is 0 Å². The lowest BCUT2D eigenvalue weighted by Gasteiger charge is -2.15. The van der Waals surface area contributed by atoms with Gasteiger partial charge in [-0.2, -0.15) is 5.10 Å². The topological polar surface area (TPSA) is 82.2 Å². The van der Waals surface area contributed by atoms with Crippen molar-refractivity contribution in [2.75, 3.05) is 18.9 Å². The molecule has 6 nitrogen and oxygen atoms in total. The molecule has 0 aliphatic carbocycles. The molecule has 0 saturated carbocycles. The number of rotatable bonds is 4. The third-order valence-corrected chi connectivity index (χ3v) is 2.93. The molecule has 3 N–H and O–H groups in total. The third kappa shape index (κ3) is 2.97. The lowest BCUT2D eigenvalue weighted by atomic mass is 10.2. The van der Waals surface area contributed by atoms with Crippen molar-refractivity contribution in [2.24, 2.45) is 0 Å². The lowest BCUT2D eigenvalue weighted by Crippen LogP contribution is -2.36. The number of nitrogens with one attached hydrogen (secondary N) is 1. The highest BCUT2D eigenvalue weighted by molar-refractivity contribution is 5.79. The SMILES string of the molecule is CC(C(=O)NCC1CCCO1)n1ccc(N)n1. The third-order valence-electron chi connectivity index (χ3n) is 2.93. The van der Waals surface area contributed by atoms with Gasteiger partial charge in [-0.1, -0.05) is 0 Å². The Morgan fingerprint density at radius 3 is 3.24 bits per heavy atom. The molecule has 1 amide bonds. The second kappa shape index (κ2) is 5.18. The predicted molar refractivity (Wildman–Crippen MR) is 63.3 cm³/mol. The van der Waals surface area contributed by atoms with Crippen LogP contribution in [0.4, 0.5) is 5.82 Å². The maximum Gasteiger partial charge on any atom is 0.244 e. The zero-order chi connectivity index (χ0) is 12.3. The second-order valence-corrected chi connectivity index (χ2v) is 4.28. The molecular formula is C11H18N4O2. The maximum atomic E-state index is 11.8. The second-order valence-electron chi connectivity index (χ2n) is 4.28. The number of hydrogen-bond acceptors (Lipinski definition) is 4. The summed E-state index contributed by atoms with van der Waals surface area (Å²) in [5.74, 6) is 0.354. The van der Waals surface area contributed by atoms with Crippen LogP contribution in [0, 0.1) is 0 Å². The van der Waals surface area contributed by atoms with E-state index < -0.39 is 0 Å². The fourth-order valence-corrected chi connectivity index (χ4v) is 1.86. The van der Waals surface area contributed by atoms with E-state index in [2.05, 4.69) is 10.4 Å². The fourth-order valence-electron chi connectivity index (χ4n) is 1.86. The molecular weight excluding hydrogens is 220 g/mol. The van der Waals surface area contributed by atoms with Gasteiger partial charge in [0.2, 0.25) is 5.91 Å². The summed E-state index contributed by atoms with van der Waals surface area (Å²) < 4.78 is 6.99. The zero-order valence-electron chi connectivity index (χ0n) is 9.93. The minimum atomic E-state index is -0.353. The first-order valence-electron chi connectivity index (χ1n) is 5.87. The summed E-state index contributed by atoms with van der Waals surface area (Å²) in [7, 11) is 0. The Bertz CT molecular complexity index is 385. The highest BCUT2D eigenvalue weighted by Gasteiger charge is 2.19. The molecule has 0 aromatic carbocycles. The van der Waals surface area contributed by atoms with Crippen molar-refractivity contribution in [3.05, 3.63) is 12.3 Å². The number of carbonyl (C=O) groups excluding carboxylic acids is 1. The highest BCUT2D eigenvalue weighted by Crippen LogP contribution is 2.11. The largest absolute Gasteiger partial charge is 0.382 e. The molecule has 0 bridgehead atoms. The molecule has 2 heterocycles. The van der Waals surface area contributed by atoms with E-state index >= 15 is 0 Å². The van der Waals surface area contributed by atoms with Crippen molar-refractivity contribution >= 4 is 11.7 Å². The summed E-state index contributed by atoms with van der Waals surface area (Å²) in [5, 5.41) is 6.88. The first kappa shape index (κ1) is 11.9. The van der Waals surface area contributed by atoms with Crippen LogP contribution in [0.1, 0.15) is 25.8 Å². The molecule has 94 valence electrons. The number of ether oxygens (including phenoxy) is 1. The molecule has 1 fully saturated rings. The van der Waals surface area contributed by atoms with Crippen molar-refractivity contribution in [1.29, 1.82) is 0 Å². The van der Waals surface area contributed by atoms with Crippen LogP contribution in [-0.2, 0) is 9.53 Å². The number of carbonyl (C=O) groups is 1. The normalized spacial score (nSPS) is 21.4. The van der Waals surface area contributed by atoms with Gasteiger partial charge in [-0.05, 0) is 25.8 Å². The Labute approximate surface area is 100 Å². The molecule has 2 atom stereocenters. The van der Waals surface area contributed by atoms with Crippen molar-refractivity contribution in [3.63, 3.8) is 0 Å². The maximum absolute atomic E-state index is 11.8. The van der Waals surface area contributed by atoms with Crippen LogP contribution in [-0.4, -0.2) is 34.9 Å². The van der Waals surface area contributed by atoms with Crippen molar-refractivity contribution in [2.45, 2.75) is 31.9 Å². The van der Waals surface area contributed by atoms with Gasteiger partial charge in [-0.25, -0.2) is 0 Å². The minimum absolute atomic E-state index is 0.0661. The molecule has 0 spiro atoms. The van der Waals surface area contributed by atoms with E-state index in [-0.39, 0.29) is 18.1 Å². The minimum Gasteiger partial charge on any atom is -0.382 e. The molecule has 0 radical (unpaired) electrons. The van der Waals surface area contributed by atoms with Crippen molar-refractivity contribution in [1.82, 2.24) is 15.1 Å². The van der Waals surface area contributed by atoms with Gasteiger partial charge in [0.05, 0.1) is 6.10 Å². The smallest absolute Gasteiger partial charge is 0.244 e. The van der Waals surface area contributed by atoms with Crippen LogP contribution in [0.15, 0.2) is 12.3 Å². The summed E-state index contributed by atoms with van der Waals surface area (Å²) >= 11 is 0. The monoisotopic (exact) mass is 238 g/mol. The number of nitrogens with two attached hydrogens (primary N) is 1. The Morgan fingerprint density at radius 1 is 1.82 bits per heavy atom. The number of amides is 1. The summed E-state index contributed by atoms with van der Waals surface area (Å²) in [6, 6.07) is 1.32. The summed E-state index contributed by atoms with van der Waals surface area (Å²) in [5.41, 5.74) is 5.51. The van der Waals surface area contributed by atoms with Crippen LogP contribution in [0.25, 0.3) is 0 Å². The molecule has 1 aromatic heterocycles. The summed E-state index contributed by atoms with van der Waals surface area (Å²) in [6.07, 6.45) is 3.95. The lowest BCUT2D eigenvalue weighted by molar-refractivity contribution is -0.124. The number of hydrogen-bond donors (Lipinski definition) is 2. The molecule has 6 heteroatoms. The van der Waals surface area contributed by atoms with E-state index in [0.29, 0.717) is 12.4 Å². The van der Waals surface area contributed by atoms with Crippen LogP contribution in [0.5, 0.6) is 0 Å². The fraction of sp³-hybridized carbons (Fsp3) is 0.636. The number of nitrogens with zero attached hydrogens (tertiary/aromatic N) is 2. The van der Waals surface area contributed by atoms with Gasteiger partial charge in [0.25, 0.3) is 0 Å². The Hall–Kier alpha value is -1.56. The van der Waals surface area contributed by atoms with Gasteiger partial charge in [0.1, 0.15) is 11.9 Å². The summed E-state index contributed by atoms with van der Waals surface area (Å²) in [4.78, 5) is 11.8. The first-order valence-corrected chi connectivity index (χ1v) is 5.87. The van der Waals surface area contributed by atoms with Gasteiger partial charge in [-0.3, -0.25) is 9.48 Å². The average molecular weight is 238 g/mol. The quantitative estimate of drug-likeness (QED) is 0.791.